The van der Waals surface area contributed by atoms with Gasteiger partial charge in [0.25, 0.3) is 11.8 Å². The molecule has 0 aliphatic heterocycles. The molecule has 35 heavy (non-hydrogen) atoms. The highest BCUT2D eigenvalue weighted by molar-refractivity contribution is 14.1. The molecule has 2 N–H and O–H groups in total. The number of rotatable bonds is 6. The average Bonchev–Trinajstić information content (AvgIpc) is 3.53. The summed E-state index contributed by atoms with van der Waals surface area (Å²) in [7, 11) is 0. The van der Waals surface area contributed by atoms with Crippen LogP contribution in [0.2, 0.25) is 10.0 Å². The Morgan fingerprint density at radius 1 is 1.11 bits per heavy atom. The molecule has 2 amide bonds. The quantitative estimate of drug-likeness (QED) is 0.300. The van der Waals surface area contributed by atoms with E-state index >= 15 is 0 Å². The van der Waals surface area contributed by atoms with Gasteiger partial charge in [-0.25, -0.2) is 4.68 Å². The van der Waals surface area contributed by atoms with Gasteiger partial charge < -0.3 is 10.6 Å². The Kier molecular flexibility index (Phi) is 7.35. The maximum atomic E-state index is 13.4. The lowest BCUT2D eigenvalue weighted by molar-refractivity contribution is -0.141. The van der Waals surface area contributed by atoms with E-state index in [0.29, 0.717) is 15.6 Å². The van der Waals surface area contributed by atoms with Crippen molar-refractivity contribution in [3.05, 3.63) is 73.0 Å². The fourth-order valence-corrected chi connectivity index (χ4v) is 4.83. The van der Waals surface area contributed by atoms with Crippen LogP contribution in [0.3, 0.4) is 0 Å². The third-order valence-electron chi connectivity index (χ3n) is 5.54. The third kappa shape index (κ3) is 5.75. The number of nitrogens with one attached hydrogen (secondary N) is 2. The third-order valence-corrected chi connectivity index (χ3v) is 6.78. The molecular formula is C23H18Cl2F3IN4O2. The molecule has 1 heterocycles. The minimum atomic E-state index is -4.80. The second-order valence-corrected chi connectivity index (χ2v) is 10.2. The Labute approximate surface area is 222 Å². The Morgan fingerprint density at radius 3 is 2.43 bits per heavy atom. The summed E-state index contributed by atoms with van der Waals surface area (Å²) in [5.74, 6) is -1.00. The number of benzene rings is 2. The minimum absolute atomic E-state index is 0.0157. The molecule has 3 aromatic rings. The molecule has 1 fully saturated rings. The average molecular weight is 637 g/mol. The molecule has 12 heteroatoms. The zero-order chi connectivity index (χ0) is 25.5. The van der Waals surface area contributed by atoms with E-state index in [1.807, 2.05) is 29.5 Å². The van der Waals surface area contributed by atoms with E-state index in [4.69, 9.17) is 23.2 Å². The summed E-state index contributed by atoms with van der Waals surface area (Å²) in [6.45, 7) is 1.89. The van der Waals surface area contributed by atoms with Gasteiger partial charge in [-0.2, -0.15) is 18.3 Å². The SMILES string of the molecule is CC(NC(=O)c1cc(I)cc(Cl)c1NC(=O)c1cc(C(F)(F)F)nn1-c1ccccc1Cl)C1CC1. The Hall–Kier alpha value is -2.31. The van der Waals surface area contributed by atoms with Crippen LogP contribution in [0.5, 0.6) is 0 Å². The lowest BCUT2D eigenvalue weighted by Gasteiger charge is -2.17. The monoisotopic (exact) mass is 636 g/mol. The Morgan fingerprint density at radius 2 is 1.80 bits per heavy atom. The summed E-state index contributed by atoms with van der Waals surface area (Å²) in [5, 5.41) is 9.14. The van der Waals surface area contributed by atoms with Gasteiger partial charge in [-0.1, -0.05) is 35.3 Å². The van der Waals surface area contributed by atoms with Gasteiger partial charge in [0.2, 0.25) is 0 Å². The molecule has 4 rings (SSSR count). The van der Waals surface area contributed by atoms with Gasteiger partial charge in [0.05, 0.1) is 27.0 Å². The van der Waals surface area contributed by atoms with Crippen LogP contribution in [0.25, 0.3) is 5.69 Å². The van der Waals surface area contributed by atoms with Crippen molar-refractivity contribution >= 4 is 63.3 Å². The topological polar surface area (TPSA) is 76.0 Å². The highest BCUT2D eigenvalue weighted by Crippen LogP contribution is 2.35. The molecule has 1 aliphatic rings. The molecule has 1 aromatic heterocycles. The van der Waals surface area contributed by atoms with E-state index in [9.17, 15) is 22.8 Å². The zero-order valence-electron chi connectivity index (χ0n) is 18.1. The molecule has 1 unspecified atom stereocenters. The van der Waals surface area contributed by atoms with Crippen LogP contribution in [0.1, 0.15) is 46.3 Å². The van der Waals surface area contributed by atoms with Crippen molar-refractivity contribution in [2.24, 2.45) is 5.92 Å². The summed E-state index contributed by atoms with van der Waals surface area (Å²) in [6, 6.07) is 9.67. The number of carbonyl (C=O) groups is 2. The number of hydrogen-bond donors (Lipinski definition) is 2. The van der Waals surface area contributed by atoms with Gasteiger partial charge in [-0.15, -0.1) is 0 Å². The smallest absolute Gasteiger partial charge is 0.349 e. The molecule has 2 aromatic carbocycles. The lowest BCUT2D eigenvalue weighted by Crippen LogP contribution is -2.34. The summed E-state index contributed by atoms with van der Waals surface area (Å²) >= 11 is 14.5. The molecule has 1 aliphatic carbocycles. The van der Waals surface area contributed by atoms with Gasteiger partial charge in [0.1, 0.15) is 5.69 Å². The van der Waals surface area contributed by atoms with E-state index in [-0.39, 0.29) is 33.0 Å². The molecule has 184 valence electrons. The lowest BCUT2D eigenvalue weighted by atomic mass is 10.1. The highest BCUT2D eigenvalue weighted by atomic mass is 127. The van der Waals surface area contributed by atoms with E-state index < -0.39 is 29.4 Å². The largest absolute Gasteiger partial charge is 0.435 e. The summed E-state index contributed by atoms with van der Waals surface area (Å²) < 4.78 is 41.8. The van der Waals surface area contributed by atoms with Crippen LogP contribution in [0.4, 0.5) is 18.9 Å². The second-order valence-electron chi connectivity index (χ2n) is 8.14. The molecular weight excluding hydrogens is 619 g/mol. The van der Waals surface area contributed by atoms with E-state index in [1.165, 1.54) is 18.2 Å². The first kappa shape index (κ1) is 25.8. The summed E-state index contributed by atoms with van der Waals surface area (Å²) in [5.41, 5.74) is -1.54. The molecule has 6 nitrogen and oxygen atoms in total. The van der Waals surface area contributed by atoms with Crippen molar-refractivity contribution in [3.63, 3.8) is 0 Å². The van der Waals surface area contributed by atoms with Crippen molar-refractivity contribution in [3.8, 4) is 5.69 Å². The van der Waals surface area contributed by atoms with Gasteiger partial charge in [0.15, 0.2) is 5.69 Å². The number of carbonyl (C=O) groups excluding carboxylic acids is 2. The van der Waals surface area contributed by atoms with E-state index in [0.717, 1.165) is 17.5 Å². The van der Waals surface area contributed by atoms with Gasteiger partial charge in [-0.3, -0.25) is 9.59 Å². The second kappa shape index (κ2) is 9.98. The van der Waals surface area contributed by atoms with Crippen LogP contribution in [0.15, 0.2) is 42.5 Å². The highest BCUT2D eigenvalue weighted by Gasteiger charge is 2.37. The fraction of sp³-hybridized carbons (Fsp3) is 0.261. The van der Waals surface area contributed by atoms with Crippen molar-refractivity contribution in [1.82, 2.24) is 15.1 Å². The maximum Gasteiger partial charge on any atom is 0.435 e. The van der Waals surface area contributed by atoms with Crippen LogP contribution >= 0.6 is 45.8 Å². The number of nitrogens with zero attached hydrogens (tertiary/aromatic N) is 2. The number of aromatic nitrogens is 2. The number of hydrogen-bond acceptors (Lipinski definition) is 3. The summed E-state index contributed by atoms with van der Waals surface area (Å²) in [6.07, 6.45) is -2.76. The molecule has 0 bridgehead atoms. The number of anilines is 1. The van der Waals surface area contributed by atoms with Gasteiger partial charge in [0, 0.05) is 15.7 Å². The molecule has 0 radical (unpaired) electrons. The number of para-hydroxylation sites is 1. The molecule has 1 atom stereocenters. The first-order chi connectivity index (χ1) is 16.5. The first-order valence-electron chi connectivity index (χ1n) is 10.5. The normalized spacial score (nSPS) is 14.5. The first-order valence-corrected chi connectivity index (χ1v) is 12.3. The van der Waals surface area contributed by atoms with Gasteiger partial charge in [-0.05, 0) is 72.5 Å². The zero-order valence-corrected chi connectivity index (χ0v) is 21.8. The molecule has 1 saturated carbocycles. The van der Waals surface area contributed by atoms with E-state index in [1.54, 1.807) is 18.2 Å². The standard InChI is InChI=1S/C23H18Cl2F3IN4O2/c1-11(12-6-7-12)30-21(34)14-8-13(29)9-16(25)20(14)31-22(35)18-10-19(23(26,27)28)32-33(18)17-5-3-2-4-15(17)24/h2-5,8-12H,6-7H2,1H3,(H,30,34)(H,31,35). The predicted molar refractivity (Wildman–Crippen MR) is 135 cm³/mol. The van der Waals surface area contributed by atoms with Crippen LogP contribution in [-0.2, 0) is 6.18 Å². The molecule has 0 saturated heterocycles. The van der Waals surface area contributed by atoms with Crippen LogP contribution in [-0.4, -0.2) is 27.6 Å². The van der Waals surface area contributed by atoms with Crippen molar-refractivity contribution < 1.29 is 22.8 Å². The summed E-state index contributed by atoms with van der Waals surface area (Å²) in [4.78, 5) is 26.2. The maximum absolute atomic E-state index is 13.4. The molecule has 0 spiro atoms. The Bertz CT molecular complexity index is 1310. The van der Waals surface area contributed by atoms with Crippen molar-refractivity contribution in [1.29, 1.82) is 0 Å². The van der Waals surface area contributed by atoms with Crippen LogP contribution < -0.4 is 10.6 Å². The fourth-order valence-electron chi connectivity index (χ4n) is 3.54. The van der Waals surface area contributed by atoms with Gasteiger partial charge >= 0.3 is 6.18 Å². The van der Waals surface area contributed by atoms with Crippen molar-refractivity contribution in [2.45, 2.75) is 32.0 Å². The number of alkyl halides is 3. The number of halogens is 6. The van der Waals surface area contributed by atoms with E-state index in [2.05, 4.69) is 15.7 Å². The van der Waals surface area contributed by atoms with Crippen molar-refractivity contribution in [2.75, 3.05) is 5.32 Å². The Balaban J connectivity index is 1.73. The minimum Gasteiger partial charge on any atom is -0.349 e. The predicted octanol–water partition coefficient (Wildman–Crippen LogP) is 6.58. The number of amides is 2. The van der Waals surface area contributed by atoms with Crippen LogP contribution in [0, 0.1) is 9.49 Å².